The zero-order valence-electron chi connectivity index (χ0n) is 24.5. The van der Waals surface area contributed by atoms with Gasteiger partial charge in [-0.15, -0.1) is 0 Å². The van der Waals surface area contributed by atoms with Crippen molar-refractivity contribution in [1.82, 2.24) is 15.5 Å². The molecule has 0 saturated carbocycles. The summed E-state index contributed by atoms with van der Waals surface area (Å²) in [7, 11) is 3.60. The van der Waals surface area contributed by atoms with E-state index in [0.29, 0.717) is 35.7 Å². The molecule has 0 unspecified atom stereocenters. The van der Waals surface area contributed by atoms with Crippen LogP contribution in [0.4, 0.5) is 0 Å². The number of methoxy groups -OCH3 is 1. The molecule has 43 heavy (non-hydrogen) atoms. The predicted molar refractivity (Wildman–Crippen MR) is 154 cm³/mol. The Balaban J connectivity index is 1.29. The first kappa shape index (κ1) is 29.2. The monoisotopic (exact) mass is 591 g/mol. The van der Waals surface area contributed by atoms with Crippen LogP contribution >= 0.6 is 0 Å². The van der Waals surface area contributed by atoms with Gasteiger partial charge in [-0.1, -0.05) is 36.4 Å². The summed E-state index contributed by atoms with van der Waals surface area (Å²) in [5, 5.41) is 27.0. The first-order chi connectivity index (χ1) is 20.6. The van der Waals surface area contributed by atoms with Crippen molar-refractivity contribution in [1.29, 1.82) is 0 Å². The molecule has 2 aromatic rings. The Hall–Kier alpha value is -3.93. The van der Waals surface area contributed by atoms with Crippen LogP contribution in [0.25, 0.3) is 0 Å². The standard InChI is InChI=1S/C32H37N3O8/c1-18(36)29(38)33-15-12-24(37)34-26(19-7-5-4-6-8-19)30(39)42-22-11-13-32(40)23-17-20-9-10-21(41-3)27-25(20)31(32,28(22)43-27)14-16-35(23)2/h4-11,18,23,26,28,36,40H,12-17H2,1-3H3,(H,33,38)(H,34,37)/t18-,23+,26-,28-,31-,32+/m0/s1. The van der Waals surface area contributed by atoms with Gasteiger partial charge in [-0.2, -0.15) is 0 Å². The van der Waals surface area contributed by atoms with Gasteiger partial charge in [-0.3, -0.25) is 9.59 Å². The largest absolute Gasteiger partial charge is 0.493 e. The Labute approximate surface area is 249 Å². The number of esters is 1. The highest BCUT2D eigenvalue weighted by Crippen LogP contribution is 2.65. The van der Waals surface area contributed by atoms with Crippen LogP contribution < -0.4 is 20.1 Å². The fourth-order valence-corrected chi connectivity index (χ4v) is 7.37. The second-order valence-corrected chi connectivity index (χ2v) is 11.8. The van der Waals surface area contributed by atoms with Crippen LogP contribution in [0, 0.1) is 0 Å². The molecule has 11 nitrogen and oxygen atoms in total. The normalized spacial score (nSPS) is 28.0. The highest BCUT2D eigenvalue weighted by Gasteiger charge is 2.72. The Bertz CT molecular complexity index is 1480. The quantitative estimate of drug-likeness (QED) is 0.317. The van der Waals surface area contributed by atoms with Crippen molar-refractivity contribution in [2.75, 3.05) is 27.2 Å². The number of ether oxygens (including phenoxy) is 3. The van der Waals surface area contributed by atoms with E-state index in [1.54, 1.807) is 43.5 Å². The molecule has 228 valence electrons. The van der Waals surface area contributed by atoms with E-state index < -0.39 is 47.0 Å². The lowest BCUT2D eigenvalue weighted by atomic mass is 9.50. The van der Waals surface area contributed by atoms with E-state index in [1.807, 2.05) is 19.2 Å². The van der Waals surface area contributed by atoms with Gasteiger partial charge >= 0.3 is 5.97 Å². The summed E-state index contributed by atoms with van der Waals surface area (Å²) in [6.45, 7) is 2.06. The summed E-state index contributed by atoms with van der Waals surface area (Å²) in [6, 6.07) is 11.4. The van der Waals surface area contributed by atoms with Crippen molar-refractivity contribution in [2.24, 2.45) is 0 Å². The first-order valence-corrected chi connectivity index (χ1v) is 14.6. The SMILES string of the molecule is COc1ccc2c3c1O[C@H]1C(OC(=O)[C@@H](NC(=O)CCNC(=O)[C@H](C)O)c4ccccc4)=CC[C@@]4(O)[C@@H](C2)N(C)CC[C@]314. The van der Waals surface area contributed by atoms with E-state index in [-0.39, 0.29) is 25.4 Å². The maximum atomic E-state index is 13.8. The van der Waals surface area contributed by atoms with Gasteiger partial charge in [0.25, 0.3) is 0 Å². The number of likely N-dealkylation sites (tertiary alicyclic amines) is 1. The topological polar surface area (TPSA) is 147 Å². The number of piperidine rings is 1. The smallest absolute Gasteiger partial charge is 0.338 e. The van der Waals surface area contributed by atoms with Gasteiger partial charge in [-0.05, 0) is 56.6 Å². The maximum absolute atomic E-state index is 13.8. The summed E-state index contributed by atoms with van der Waals surface area (Å²) in [6.07, 6.45) is 1.21. The molecule has 2 aliphatic carbocycles. The van der Waals surface area contributed by atoms with Crippen molar-refractivity contribution in [2.45, 2.75) is 67.9 Å². The number of benzene rings is 2. The van der Waals surface area contributed by atoms with Crippen LogP contribution in [0.3, 0.4) is 0 Å². The van der Waals surface area contributed by atoms with Crippen LogP contribution in [0.2, 0.25) is 0 Å². The number of aliphatic hydroxyl groups is 2. The number of nitrogens with zero attached hydrogens (tertiary/aromatic N) is 1. The molecule has 0 radical (unpaired) electrons. The van der Waals surface area contributed by atoms with Crippen molar-refractivity contribution in [3.63, 3.8) is 0 Å². The number of likely N-dealkylation sites (N-methyl/N-ethyl adjacent to an activating group) is 1. The lowest BCUT2D eigenvalue weighted by Crippen LogP contribution is -2.74. The highest BCUT2D eigenvalue weighted by atomic mass is 16.6. The minimum Gasteiger partial charge on any atom is -0.493 e. The molecule has 1 fully saturated rings. The molecule has 6 atom stereocenters. The van der Waals surface area contributed by atoms with Gasteiger partial charge in [0.1, 0.15) is 11.9 Å². The molecule has 11 heteroatoms. The van der Waals surface area contributed by atoms with E-state index in [4.69, 9.17) is 14.2 Å². The number of carbonyl (C=O) groups excluding carboxylic acids is 3. The molecule has 2 bridgehead atoms. The third kappa shape index (κ3) is 4.57. The number of nitrogens with one attached hydrogen (secondary N) is 2. The molecule has 4 N–H and O–H groups in total. The van der Waals surface area contributed by atoms with Crippen molar-refractivity contribution < 1.29 is 38.8 Å². The maximum Gasteiger partial charge on any atom is 0.338 e. The van der Waals surface area contributed by atoms with Gasteiger partial charge in [0.15, 0.2) is 23.6 Å². The Morgan fingerprint density at radius 3 is 2.67 bits per heavy atom. The van der Waals surface area contributed by atoms with Crippen LogP contribution in [0.15, 0.2) is 54.3 Å². The molecule has 2 aliphatic heterocycles. The van der Waals surface area contributed by atoms with Gasteiger partial charge in [0, 0.05) is 31.0 Å². The molecular formula is C32H37N3O8. The minimum atomic E-state index is -1.19. The zero-order valence-corrected chi connectivity index (χ0v) is 24.5. The van der Waals surface area contributed by atoms with E-state index in [0.717, 1.165) is 17.7 Å². The van der Waals surface area contributed by atoms with Crippen LogP contribution in [-0.2, 0) is 31.0 Å². The van der Waals surface area contributed by atoms with Crippen molar-refractivity contribution >= 4 is 17.8 Å². The minimum absolute atomic E-state index is 0.00761. The molecule has 2 heterocycles. The molecule has 4 aliphatic rings. The first-order valence-electron chi connectivity index (χ1n) is 14.6. The fourth-order valence-electron chi connectivity index (χ4n) is 7.37. The van der Waals surface area contributed by atoms with E-state index in [1.165, 1.54) is 6.92 Å². The second-order valence-electron chi connectivity index (χ2n) is 11.8. The Kier molecular flexibility index (Phi) is 7.44. The van der Waals surface area contributed by atoms with E-state index in [2.05, 4.69) is 15.5 Å². The molecule has 1 saturated heterocycles. The number of carbonyl (C=O) groups is 3. The molecular weight excluding hydrogens is 554 g/mol. The summed E-state index contributed by atoms with van der Waals surface area (Å²) >= 11 is 0. The van der Waals surface area contributed by atoms with Gasteiger partial charge in [-0.25, -0.2) is 4.79 Å². The molecule has 2 amide bonds. The van der Waals surface area contributed by atoms with Crippen LogP contribution in [0.1, 0.15) is 48.9 Å². The van der Waals surface area contributed by atoms with Gasteiger partial charge < -0.3 is 40.0 Å². The van der Waals surface area contributed by atoms with Gasteiger partial charge in [0.05, 0.1) is 18.1 Å². The van der Waals surface area contributed by atoms with Gasteiger partial charge in [0.2, 0.25) is 11.8 Å². The Morgan fingerprint density at radius 2 is 1.95 bits per heavy atom. The third-order valence-corrected chi connectivity index (χ3v) is 9.48. The summed E-state index contributed by atoms with van der Waals surface area (Å²) in [5.74, 6) is -0.346. The lowest BCUT2D eigenvalue weighted by Gasteiger charge is -2.61. The van der Waals surface area contributed by atoms with Crippen molar-refractivity contribution in [3.05, 3.63) is 71.0 Å². The average Bonchev–Trinajstić information content (AvgIpc) is 3.35. The van der Waals surface area contributed by atoms with E-state index >= 15 is 0 Å². The predicted octanol–water partition coefficient (Wildman–Crippen LogP) is 1.26. The Morgan fingerprint density at radius 1 is 1.19 bits per heavy atom. The van der Waals surface area contributed by atoms with Crippen LogP contribution in [-0.4, -0.2) is 84.0 Å². The highest BCUT2D eigenvalue weighted by molar-refractivity contribution is 5.87. The van der Waals surface area contributed by atoms with E-state index in [9.17, 15) is 24.6 Å². The second kappa shape index (κ2) is 11.0. The number of aliphatic hydroxyl groups excluding tert-OH is 1. The lowest BCUT2D eigenvalue weighted by molar-refractivity contribution is -0.170. The van der Waals surface area contributed by atoms with Crippen molar-refractivity contribution in [3.8, 4) is 11.5 Å². The molecule has 6 rings (SSSR count). The number of hydrogen-bond donors (Lipinski definition) is 4. The molecule has 0 aromatic heterocycles. The summed E-state index contributed by atoms with van der Waals surface area (Å²) < 4.78 is 18.3. The number of rotatable bonds is 9. The average molecular weight is 592 g/mol. The number of amides is 2. The molecule has 1 spiro atoms. The summed E-state index contributed by atoms with van der Waals surface area (Å²) in [4.78, 5) is 40.6. The third-order valence-electron chi connectivity index (χ3n) is 9.48. The fraction of sp³-hybridized carbons (Fsp3) is 0.469. The zero-order chi connectivity index (χ0) is 30.5. The number of hydrogen-bond acceptors (Lipinski definition) is 9. The molecule has 2 aromatic carbocycles. The summed E-state index contributed by atoms with van der Waals surface area (Å²) in [5.41, 5.74) is 0.562. The van der Waals surface area contributed by atoms with Crippen LogP contribution in [0.5, 0.6) is 11.5 Å².